The number of aromatic nitrogens is 2. The van der Waals surface area contributed by atoms with E-state index < -0.39 is 22.5 Å². The molecule has 0 fully saturated rings. The molecule has 4 N–H and O–H groups in total. The topological polar surface area (TPSA) is 134 Å². The van der Waals surface area contributed by atoms with Gasteiger partial charge in [0.15, 0.2) is 16.6 Å². The Balaban J connectivity index is 1.87. The minimum Gasteiger partial charge on any atom is -0.314 e. The van der Waals surface area contributed by atoms with Gasteiger partial charge in [-0.25, -0.2) is 14.7 Å². The summed E-state index contributed by atoms with van der Waals surface area (Å²) >= 11 is -2.11. The molecule has 2 aromatic carbocycles. The van der Waals surface area contributed by atoms with Crippen molar-refractivity contribution in [3.63, 3.8) is 0 Å². The Hall–Kier alpha value is -3.34. The summed E-state index contributed by atoms with van der Waals surface area (Å²) in [5.74, 6) is 5.20. The van der Waals surface area contributed by atoms with Crippen LogP contribution in [-0.4, -0.2) is 31.5 Å². The van der Waals surface area contributed by atoms with Crippen LogP contribution >= 0.6 is 0 Å². The normalized spacial score (nSPS) is 14.0. The van der Waals surface area contributed by atoms with Gasteiger partial charge in [0.2, 0.25) is 0 Å². The van der Waals surface area contributed by atoms with Crippen LogP contribution in [0.2, 0.25) is 0 Å². The Bertz CT molecular complexity index is 1290. The Morgan fingerprint density at radius 1 is 1.11 bits per heavy atom. The summed E-state index contributed by atoms with van der Waals surface area (Å²) in [5, 5.41) is 4.44. The predicted octanol–water partition coefficient (Wildman–Crippen LogP) is -0.585. The summed E-state index contributed by atoms with van der Waals surface area (Å²) in [6, 6.07) is 12.8. The van der Waals surface area contributed by atoms with Crippen molar-refractivity contribution in [1.29, 1.82) is 0 Å². The van der Waals surface area contributed by atoms with E-state index in [0.717, 1.165) is 5.69 Å². The molecule has 1 atom stereocenters. The second-order valence-electron chi connectivity index (χ2n) is 6.17. The summed E-state index contributed by atoms with van der Waals surface area (Å²) in [5.41, 5.74) is 1.73. The first-order valence-corrected chi connectivity index (χ1v) is 9.26. The minimum absolute atomic E-state index is 0.180. The zero-order chi connectivity index (χ0) is 20.0. The molecule has 0 saturated carbocycles. The summed E-state index contributed by atoms with van der Waals surface area (Å²) in [7, 11) is 1.69. The molecule has 0 aliphatic carbocycles. The number of anilines is 1. The number of nitrogens with one attached hydrogen (secondary N) is 1. The van der Waals surface area contributed by atoms with Gasteiger partial charge in [-0.3, -0.25) is 14.7 Å². The van der Waals surface area contributed by atoms with Gasteiger partial charge in [-0.2, -0.15) is 4.99 Å². The van der Waals surface area contributed by atoms with Crippen molar-refractivity contribution in [2.75, 3.05) is 12.1 Å². The number of nitrogens with zero attached hydrogens (tertiary/aromatic N) is 3. The number of nitrogens with two attached hydrogens (primary N) is 1. The summed E-state index contributed by atoms with van der Waals surface area (Å²) in [6.45, 7) is 0. The molecule has 1 aromatic heterocycles. The summed E-state index contributed by atoms with van der Waals surface area (Å²) < 4.78 is 21.5. The SMILES string of the molecule is CN(N)c1ccc(C2=c3c([nH]n(-c4ccc(S(=O)O)cc4)c3=O)=NC2=O)cc1. The van der Waals surface area contributed by atoms with E-state index in [9.17, 15) is 13.8 Å². The van der Waals surface area contributed by atoms with Crippen molar-refractivity contribution in [2.24, 2.45) is 10.8 Å². The number of amides is 1. The standard InChI is InChI=1S/C18H15N5O4S/c1-22(19)11-4-2-10(3-5-11)14-15-16(20-17(14)24)21-23(18(15)25)12-6-8-13(9-7-12)28(26)27/h2-9H,19H2,1H3,(H,26,27)(H,20,21,24). The van der Waals surface area contributed by atoms with E-state index in [0.29, 0.717) is 11.3 Å². The number of hydrogen-bond acceptors (Lipinski definition) is 5. The number of hydrogen-bond donors (Lipinski definition) is 3. The van der Waals surface area contributed by atoms with Crippen molar-refractivity contribution >= 4 is 28.2 Å². The largest absolute Gasteiger partial charge is 0.314 e. The maximum Gasteiger partial charge on any atom is 0.281 e. The number of fused-ring (bicyclic) bond motifs is 1. The first kappa shape index (κ1) is 18.0. The molecule has 1 aliphatic heterocycles. The minimum atomic E-state index is -2.11. The van der Waals surface area contributed by atoms with Crippen LogP contribution in [0.3, 0.4) is 0 Å². The number of hydrazine groups is 1. The first-order chi connectivity index (χ1) is 13.4. The molecule has 28 heavy (non-hydrogen) atoms. The lowest BCUT2D eigenvalue weighted by atomic mass is 10.0. The lowest BCUT2D eigenvalue weighted by molar-refractivity contribution is -0.112. The van der Waals surface area contributed by atoms with Crippen molar-refractivity contribution in [2.45, 2.75) is 4.90 Å². The number of rotatable bonds is 4. The van der Waals surface area contributed by atoms with Crippen LogP contribution < -0.4 is 27.1 Å². The fourth-order valence-electron chi connectivity index (χ4n) is 3.02. The average molecular weight is 397 g/mol. The Labute approximate surface area is 160 Å². The van der Waals surface area contributed by atoms with Crippen molar-refractivity contribution in [3.05, 3.63) is 75.2 Å². The second kappa shape index (κ2) is 6.68. The number of carbonyl (C=O) groups is 1. The third-order valence-corrected chi connectivity index (χ3v) is 5.08. The highest BCUT2D eigenvalue weighted by Gasteiger charge is 2.23. The number of H-pyrrole nitrogens is 1. The van der Waals surface area contributed by atoms with E-state index in [4.69, 9.17) is 10.4 Å². The van der Waals surface area contributed by atoms with Gasteiger partial charge in [0.05, 0.1) is 27.1 Å². The van der Waals surface area contributed by atoms with Gasteiger partial charge in [0, 0.05) is 7.05 Å². The maximum absolute atomic E-state index is 12.9. The Morgan fingerprint density at radius 2 is 1.75 bits per heavy atom. The van der Waals surface area contributed by atoms with Crippen LogP contribution in [0.4, 0.5) is 5.69 Å². The molecule has 4 rings (SSSR count). The quantitative estimate of drug-likeness (QED) is 0.306. The predicted molar refractivity (Wildman–Crippen MR) is 103 cm³/mol. The lowest BCUT2D eigenvalue weighted by Gasteiger charge is -2.12. The molecule has 1 aliphatic rings. The van der Waals surface area contributed by atoms with Gasteiger partial charge in [0.25, 0.3) is 11.5 Å². The highest BCUT2D eigenvalue weighted by Crippen LogP contribution is 2.18. The van der Waals surface area contributed by atoms with Gasteiger partial charge in [-0.1, -0.05) is 12.1 Å². The first-order valence-electron chi connectivity index (χ1n) is 8.15. The highest BCUT2D eigenvalue weighted by molar-refractivity contribution is 7.79. The molecule has 0 saturated heterocycles. The molecule has 0 radical (unpaired) electrons. The number of carbonyl (C=O) groups excluding carboxylic acids is 1. The molecular weight excluding hydrogens is 382 g/mol. The maximum atomic E-state index is 12.9. The lowest BCUT2D eigenvalue weighted by Crippen LogP contribution is -2.35. The van der Waals surface area contributed by atoms with Gasteiger partial charge >= 0.3 is 0 Å². The monoisotopic (exact) mass is 397 g/mol. The number of aromatic amines is 1. The molecule has 3 aromatic rings. The fourth-order valence-corrected chi connectivity index (χ4v) is 3.39. The fraction of sp³-hybridized carbons (Fsp3) is 0.0556. The van der Waals surface area contributed by atoms with Crippen molar-refractivity contribution in [3.8, 4) is 5.69 Å². The van der Waals surface area contributed by atoms with E-state index in [1.165, 1.54) is 34.0 Å². The van der Waals surface area contributed by atoms with E-state index in [-0.39, 0.29) is 21.2 Å². The average Bonchev–Trinajstić information content (AvgIpc) is 3.17. The van der Waals surface area contributed by atoms with Crippen LogP contribution in [0.25, 0.3) is 11.3 Å². The van der Waals surface area contributed by atoms with Gasteiger partial charge in [-0.15, -0.1) is 0 Å². The van der Waals surface area contributed by atoms with Gasteiger partial charge in [0.1, 0.15) is 0 Å². The zero-order valence-corrected chi connectivity index (χ0v) is 15.4. The third kappa shape index (κ3) is 2.89. The zero-order valence-electron chi connectivity index (χ0n) is 14.6. The van der Waals surface area contributed by atoms with Crippen LogP contribution in [0.1, 0.15) is 5.56 Å². The Morgan fingerprint density at radius 3 is 2.32 bits per heavy atom. The van der Waals surface area contributed by atoms with E-state index in [1.807, 2.05) is 0 Å². The van der Waals surface area contributed by atoms with Crippen molar-refractivity contribution in [1.82, 2.24) is 9.78 Å². The molecule has 10 heteroatoms. The van der Waals surface area contributed by atoms with Crippen LogP contribution in [0.15, 0.2) is 63.2 Å². The van der Waals surface area contributed by atoms with Crippen LogP contribution in [0.5, 0.6) is 0 Å². The van der Waals surface area contributed by atoms with Gasteiger partial charge < -0.3 is 9.56 Å². The van der Waals surface area contributed by atoms with E-state index >= 15 is 0 Å². The van der Waals surface area contributed by atoms with Crippen LogP contribution in [-0.2, 0) is 15.9 Å². The van der Waals surface area contributed by atoms with Crippen molar-refractivity contribution < 1.29 is 13.6 Å². The Kier molecular flexibility index (Phi) is 4.30. The van der Waals surface area contributed by atoms with Crippen LogP contribution in [0, 0.1) is 0 Å². The molecule has 142 valence electrons. The molecule has 0 spiro atoms. The highest BCUT2D eigenvalue weighted by atomic mass is 32.2. The molecule has 0 bridgehead atoms. The van der Waals surface area contributed by atoms with Gasteiger partial charge in [-0.05, 0) is 42.0 Å². The molecule has 1 amide bonds. The number of benzene rings is 2. The van der Waals surface area contributed by atoms with E-state index in [1.54, 1.807) is 31.3 Å². The summed E-state index contributed by atoms with van der Waals surface area (Å²) in [6.07, 6.45) is 0. The molecular formula is C18H15N5O4S. The molecule has 9 nitrogen and oxygen atoms in total. The van der Waals surface area contributed by atoms with E-state index in [2.05, 4.69) is 10.1 Å². The molecule has 1 unspecified atom stereocenters. The third-order valence-electron chi connectivity index (χ3n) is 4.41. The molecule has 2 heterocycles. The summed E-state index contributed by atoms with van der Waals surface area (Å²) in [4.78, 5) is 29.5. The second-order valence-corrected chi connectivity index (χ2v) is 7.14. The smallest absolute Gasteiger partial charge is 0.281 e.